The zero-order valence-corrected chi connectivity index (χ0v) is 17.2. The van der Waals surface area contributed by atoms with Crippen molar-refractivity contribution in [2.75, 3.05) is 37.6 Å². The monoisotopic (exact) mass is 404 g/mol. The summed E-state index contributed by atoms with van der Waals surface area (Å²) in [4.78, 5) is 41.3. The summed E-state index contributed by atoms with van der Waals surface area (Å²) >= 11 is 0. The average molecular weight is 404 g/mol. The van der Waals surface area contributed by atoms with Gasteiger partial charge in [0.2, 0.25) is 5.91 Å². The number of nitrogens with zero attached hydrogens (tertiary/aromatic N) is 4. The second kappa shape index (κ2) is 8.26. The van der Waals surface area contributed by atoms with Crippen LogP contribution in [0.5, 0.6) is 0 Å². The summed E-state index contributed by atoms with van der Waals surface area (Å²) in [6, 6.07) is 5.98. The Hall–Kier alpha value is -2.84. The molecule has 0 aromatic heterocycles. The van der Waals surface area contributed by atoms with Gasteiger partial charge in [-0.3, -0.25) is 19.8 Å². The van der Waals surface area contributed by atoms with Crippen molar-refractivity contribution >= 4 is 23.4 Å². The first-order chi connectivity index (χ1) is 13.7. The molecular weight excluding hydrogens is 376 g/mol. The lowest BCUT2D eigenvalue weighted by molar-refractivity contribution is -0.384. The number of amides is 2. The van der Waals surface area contributed by atoms with Crippen LogP contribution in [-0.4, -0.2) is 71.1 Å². The molecule has 2 amide bonds. The molecule has 1 atom stereocenters. The number of hydrogen-bond acceptors (Lipinski definition) is 6. The molecule has 2 fully saturated rings. The molecule has 29 heavy (non-hydrogen) atoms. The van der Waals surface area contributed by atoms with Gasteiger partial charge in [0.1, 0.15) is 11.6 Å². The van der Waals surface area contributed by atoms with E-state index in [-0.39, 0.29) is 11.6 Å². The number of rotatable bonds is 3. The van der Waals surface area contributed by atoms with Crippen molar-refractivity contribution in [2.45, 2.75) is 45.3 Å². The summed E-state index contributed by atoms with van der Waals surface area (Å²) < 4.78 is 5.45. The molecule has 9 nitrogen and oxygen atoms in total. The van der Waals surface area contributed by atoms with Gasteiger partial charge < -0.3 is 14.5 Å². The molecule has 158 valence electrons. The van der Waals surface area contributed by atoms with Gasteiger partial charge in [-0.15, -0.1) is 0 Å². The minimum atomic E-state index is -0.594. The first kappa shape index (κ1) is 20.9. The van der Waals surface area contributed by atoms with Crippen LogP contribution in [0.3, 0.4) is 0 Å². The van der Waals surface area contributed by atoms with Gasteiger partial charge in [-0.05, 0) is 45.7 Å². The van der Waals surface area contributed by atoms with E-state index in [0.717, 1.165) is 12.1 Å². The maximum atomic E-state index is 13.0. The Morgan fingerprint density at radius 3 is 2.24 bits per heavy atom. The minimum absolute atomic E-state index is 0.0308. The van der Waals surface area contributed by atoms with E-state index >= 15 is 0 Å². The summed E-state index contributed by atoms with van der Waals surface area (Å²) in [6.07, 6.45) is 1.01. The molecule has 0 spiro atoms. The van der Waals surface area contributed by atoms with Crippen LogP contribution in [0, 0.1) is 10.1 Å². The Balaban J connectivity index is 1.58. The van der Waals surface area contributed by atoms with Crippen LogP contribution in [0.25, 0.3) is 0 Å². The van der Waals surface area contributed by atoms with Crippen molar-refractivity contribution in [1.82, 2.24) is 9.80 Å². The molecule has 0 bridgehead atoms. The van der Waals surface area contributed by atoms with Crippen molar-refractivity contribution in [3.63, 3.8) is 0 Å². The zero-order valence-electron chi connectivity index (χ0n) is 17.2. The normalized spacial score (nSPS) is 20.0. The van der Waals surface area contributed by atoms with Crippen LogP contribution in [0.4, 0.5) is 16.2 Å². The standard InChI is InChI=1S/C20H28N4O5/c1-20(2,3)29-19(26)23-10-4-5-17(23)18(25)22-13-11-21(12-14-22)15-6-8-16(9-7-15)24(27)28/h6-9,17H,4-5,10-14H2,1-3H3/t17-/m0/s1. The molecule has 2 aliphatic heterocycles. The number of carbonyl (C=O) groups is 2. The van der Waals surface area contributed by atoms with Crippen molar-refractivity contribution < 1.29 is 19.2 Å². The van der Waals surface area contributed by atoms with Gasteiger partial charge in [-0.25, -0.2) is 4.79 Å². The molecule has 0 radical (unpaired) electrons. The van der Waals surface area contributed by atoms with E-state index in [1.807, 2.05) is 20.8 Å². The fourth-order valence-corrected chi connectivity index (χ4v) is 3.74. The van der Waals surface area contributed by atoms with Crippen molar-refractivity contribution in [1.29, 1.82) is 0 Å². The zero-order chi connectivity index (χ0) is 21.2. The Kier molecular flexibility index (Phi) is 5.95. The molecular formula is C20H28N4O5. The topological polar surface area (TPSA) is 96.2 Å². The smallest absolute Gasteiger partial charge is 0.410 e. The highest BCUT2D eigenvalue weighted by Crippen LogP contribution is 2.24. The van der Waals surface area contributed by atoms with E-state index in [1.165, 1.54) is 12.1 Å². The molecule has 0 aliphatic carbocycles. The summed E-state index contributed by atoms with van der Waals surface area (Å²) in [5, 5.41) is 10.8. The largest absolute Gasteiger partial charge is 0.444 e. The molecule has 3 rings (SSSR count). The predicted octanol–water partition coefficient (Wildman–Crippen LogP) is 2.64. The van der Waals surface area contributed by atoms with Crippen LogP contribution in [-0.2, 0) is 9.53 Å². The van der Waals surface area contributed by atoms with Gasteiger partial charge in [0.05, 0.1) is 4.92 Å². The molecule has 9 heteroatoms. The van der Waals surface area contributed by atoms with Gasteiger partial charge in [-0.2, -0.15) is 0 Å². The number of ether oxygens (including phenoxy) is 1. The maximum Gasteiger partial charge on any atom is 0.410 e. The number of anilines is 1. The summed E-state index contributed by atoms with van der Waals surface area (Å²) in [7, 11) is 0. The van der Waals surface area contributed by atoms with Crippen LogP contribution >= 0.6 is 0 Å². The van der Waals surface area contributed by atoms with Crippen molar-refractivity contribution in [2.24, 2.45) is 0 Å². The van der Waals surface area contributed by atoms with Crippen molar-refractivity contribution in [3.8, 4) is 0 Å². The maximum absolute atomic E-state index is 13.0. The Bertz CT molecular complexity index is 766. The first-order valence-corrected chi connectivity index (χ1v) is 9.93. The molecule has 0 saturated carbocycles. The highest BCUT2D eigenvalue weighted by atomic mass is 16.6. The van der Waals surface area contributed by atoms with Crippen LogP contribution in [0.15, 0.2) is 24.3 Å². The average Bonchev–Trinajstić information content (AvgIpc) is 3.16. The second-order valence-corrected chi connectivity index (χ2v) is 8.42. The SMILES string of the molecule is CC(C)(C)OC(=O)N1CCC[C@H]1C(=O)N1CCN(c2ccc([N+](=O)[O-])cc2)CC1. The van der Waals surface area contributed by atoms with E-state index in [1.54, 1.807) is 21.9 Å². The Morgan fingerprint density at radius 1 is 1.07 bits per heavy atom. The van der Waals surface area contributed by atoms with Gasteiger partial charge in [0, 0.05) is 50.5 Å². The highest BCUT2D eigenvalue weighted by molar-refractivity contribution is 5.86. The number of non-ortho nitro benzene ring substituents is 1. The van der Waals surface area contributed by atoms with Gasteiger partial charge in [-0.1, -0.05) is 0 Å². The fraction of sp³-hybridized carbons (Fsp3) is 0.600. The second-order valence-electron chi connectivity index (χ2n) is 8.42. The lowest BCUT2D eigenvalue weighted by Crippen LogP contribution is -2.54. The minimum Gasteiger partial charge on any atom is -0.444 e. The summed E-state index contributed by atoms with van der Waals surface area (Å²) in [5.74, 6) is -0.0308. The van der Waals surface area contributed by atoms with Crippen molar-refractivity contribution in [3.05, 3.63) is 34.4 Å². The van der Waals surface area contributed by atoms with E-state index in [2.05, 4.69) is 4.90 Å². The van der Waals surface area contributed by atoms with Crippen LogP contribution in [0.2, 0.25) is 0 Å². The molecule has 2 saturated heterocycles. The first-order valence-electron chi connectivity index (χ1n) is 9.93. The molecule has 0 unspecified atom stereocenters. The molecule has 2 aliphatic rings. The number of carbonyl (C=O) groups excluding carboxylic acids is 2. The van der Waals surface area contributed by atoms with Gasteiger partial charge in [0.25, 0.3) is 5.69 Å². The quantitative estimate of drug-likeness (QED) is 0.568. The number of benzene rings is 1. The van der Waals surface area contributed by atoms with E-state index in [4.69, 9.17) is 4.74 Å². The molecule has 2 heterocycles. The number of piperazine rings is 1. The summed E-state index contributed by atoms with van der Waals surface area (Å²) in [5.41, 5.74) is 0.369. The fourth-order valence-electron chi connectivity index (χ4n) is 3.74. The van der Waals surface area contributed by atoms with Crippen LogP contribution in [0.1, 0.15) is 33.6 Å². The Labute approximate surface area is 170 Å². The van der Waals surface area contributed by atoms with Gasteiger partial charge in [0.15, 0.2) is 0 Å². The number of nitro benzene ring substituents is 1. The highest BCUT2D eigenvalue weighted by Gasteiger charge is 2.39. The van der Waals surface area contributed by atoms with E-state index in [0.29, 0.717) is 39.1 Å². The number of likely N-dealkylation sites (tertiary alicyclic amines) is 1. The van der Waals surface area contributed by atoms with E-state index in [9.17, 15) is 19.7 Å². The number of nitro groups is 1. The third kappa shape index (κ3) is 4.96. The van der Waals surface area contributed by atoms with E-state index < -0.39 is 22.7 Å². The van der Waals surface area contributed by atoms with Gasteiger partial charge >= 0.3 is 6.09 Å². The number of hydrogen-bond donors (Lipinski definition) is 0. The molecule has 1 aromatic carbocycles. The lowest BCUT2D eigenvalue weighted by Gasteiger charge is -2.38. The van der Waals surface area contributed by atoms with Crippen LogP contribution < -0.4 is 4.90 Å². The predicted molar refractivity (Wildman–Crippen MR) is 108 cm³/mol. The lowest BCUT2D eigenvalue weighted by atomic mass is 10.1. The summed E-state index contributed by atoms with van der Waals surface area (Å²) in [6.45, 7) is 8.36. The third-order valence-electron chi connectivity index (χ3n) is 5.18. The molecule has 1 aromatic rings. The third-order valence-corrected chi connectivity index (χ3v) is 5.18. The molecule has 0 N–H and O–H groups in total. The Morgan fingerprint density at radius 2 is 1.69 bits per heavy atom.